The van der Waals surface area contributed by atoms with Gasteiger partial charge in [0, 0.05) is 19.2 Å². The Morgan fingerprint density at radius 3 is 2.89 bits per heavy atom. The Hall–Kier alpha value is -1.46. The molecule has 102 valence electrons. The molecule has 0 atom stereocenters. The Labute approximate surface area is 117 Å². The van der Waals surface area contributed by atoms with E-state index in [9.17, 15) is 4.79 Å². The van der Waals surface area contributed by atoms with Crippen molar-refractivity contribution < 1.29 is 0 Å². The van der Waals surface area contributed by atoms with E-state index in [0.29, 0.717) is 12.5 Å². The van der Waals surface area contributed by atoms with Crippen LogP contribution in [0.15, 0.2) is 28.4 Å². The van der Waals surface area contributed by atoms with E-state index in [1.54, 1.807) is 18.4 Å². The topological polar surface area (TPSA) is 46.9 Å². The lowest BCUT2D eigenvalue weighted by atomic mass is 10.2. The van der Waals surface area contributed by atoms with Gasteiger partial charge >= 0.3 is 0 Å². The SMILES string of the molecule is CC(C)CNCc1cc(-c2cccs2)nn(C)c1=O. The fourth-order valence-corrected chi connectivity index (χ4v) is 2.52. The zero-order valence-electron chi connectivity index (χ0n) is 11.5. The monoisotopic (exact) mass is 277 g/mol. The van der Waals surface area contributed by atoms with Gasteiger partial charge in [-0.2, -0.15) is 5.10 Å². The van der Waals surface area contributed by atoms with Crippen LogP contribution in [0.3, 0.4) is 0 Å². The second-order valence-electron chi connectivity index (χ2n) is 4.99. The number of aromatic nitrogens is 2. The van der Waals surface area contributed by atoms with Gasteiger partial charge in [0.15, 0.2) is 0 Å². The van der Waals surface area contributed by atoms with Crippen LogP contribution in [-0.4, -0.2) is 16.3 Å². The average molecular weight is 277 g/mol. The van der Waals surface area contributed by atoms with Crippen LogP contribution >= 0.6 is 11.3 Å². The van der Waals surface area contributed by atoms with Crippen molar-refractivity contribution >= 4 is 11.3 Å². The summed E-state index contributed by atoms with van der Waals surface area (Å²) in [5.41, 5.74) is 1.59. The standard InChI is InChI=1S/C14H19N3OS/c1-10(2)8-15-9-11-7-12(13-5-4-6-19-13)16-17(3)14(11)18/h4-7,10,15H,8-9H2,1-3H3. The fraction of sp³-hybridized carbons (Fsp3) is 0.429. The van der Waals surface area contributed by atoms with Crippen LogP contribution in [-0.2, 0) is 13.6 Å². The molecule has 0 saturated heterocycles. The van der Waals surface area contributed by atoms with E-state index < -0.39 is 0 Å². The zero-order valence-corrected chi connectivity index (χ0v) is 12.3. The lowest BCUT2D eigenvalue weighted by Crippen LogP contribution is -2.28. The van der Waals surface area contributed by atoms with Crippen LogP contribution in [0.1, 0.15) is 19.4 Å². The van der Waals surface area contributed by atoms with Gasteiger partial charge in [-0.05, 0) is 30.0 Å². The van der Waals surface area contributed by atoms with Crippen molar-refractivity contribution in [3.8, 4) is 10.6 Å². The molecule has 0 unspecified atom stereocenters. The number of nitrogens with zero attached hydrogens (tertiary/aromatic N) is 2. The number of nitrogens with one attached hydrogen (secondary N) is 1. The number of hydrogen-bond acceptors (Lipinski definition) is 4. The van der Waals surface area contributed by atoms with Crippen LogP contribution in [0.4, 0.5) is 0 Å². The van der Waals surface area contributed by atoms with Crippen molar-refractivity contribution in [2.75, 3.05) is 6.54 Å². The lowest BCUT2D eigenvalue weighted by molar-refractivity contribution is 0.547. The molecule has 0 aliphatic heterocycles. The molecule has 2 aromatic rings. The average Bonchev–Trinajstić information content (AvgIpc) is 2.87. The van der Waals surface area contributed by atoms with E-state index in [2.05, 4.69) is 24.3 Å². The molecule has 0 bridgehead atoms. The molecule has 5 heteroatoms. The van der Waals surface area contributed by atoms with E-state index in [1.807, 2.05) is 23.6 Å². The Bertz CT molecular complexity index is 587. The van der Waals surface area contributed by atoms with Crippen molar-refractivity contribution in [3.05, 3.63) is 39.5 Å². The van der Waals surface area contributed by atoms with Crippen LogP contribution < -0.4 is 10.9 Å². The summed E-state index contributed by atoms with van der Waals surface area (Å²) in [7, 11) is 1.70. The second kappa shape index (κ2) is 6.12. The van der Waals surface area contributed by atoms with Gasteiger partial charge in [-0.15, -0.1) is 11.3 Å². The largest absolute Gasteiger partial charge is 0.312 e. The first-order valence-corrected chi connectivity index (χ1v) is 7.27. The molecule has 2 aromatic heterocycles. The van der Waals surface area contributed by atoms with Crippen molar-refractivity contribution in [2.45, 2.75) is 20.4 Å². The van der Waals surface area contributed by atoms with E-state index in [4.69, 9.17) is 0 Å². The third kappa shape index (κ3) is 3.52. The number of hydrogen-bond donors (Lipinski definition) is 1. The Balaban J connectivity index is 2.25. The first kappa shape index (κ1) is 14.0. The highest BCUT2D eigenvalue weighted by Crippen LogP contribution is 2.21. The minimum Gasteiger partial charge on any atom is -0.312 e. The number of thiophene rings is 1. The van der Waals surface area contributed by atoms with Crippen molar-refractivity contribution in [1.29, 1.82) is 0 Å². The highest BCUT2D eigenvalue weighted by atomic mass is 32.1. The summed E-state index contributed by atoms with van der Waals surface area (Å²) >= 11 is 1.63. The molecular formula is C14H19N3OS. The van der Waals surface area contributed by atoms with Crippen LogP contribution in [0.2, 0.25) is 0 Å². The molecule has 0 amide bonds. The molecule has 0 aliphatic carbocycles. The van der Waals surface area contributed by atoms with Gasteiger partial charge < -0.3 is 5.32 Å². The van der Waals surface area contributed by atoms with Crippen molar-refractivity contribution in [2.24, 2.45) is 13.0 Å². The van der Waals surface area contributed by atoms with Crippen LogP contribution in [0.5, 0.6) is 0 Å². The molecule has 1 N–H and O–H groups in total. The maximum atomic E-state index is 12.0. The molecular weight excluding hydrogens is 258 g/mol. The van der Waals surface area contributed by atoms with E-state index in [1.165, 1.54) is 4.68 Å². The smallest absolute Gasteiger partial charge is 0.271 e. The Kier molecular flexibility index (Phi) is 4.50. The molecule has 0 radical (unpaired) electrons. The zero-order chi connectivity index (χ0) is 13.8. The molecule has 19 heavy (non-hydrogen) atoms. The molecule has 0 aromatic carbocycles. The van der Waals surface area contributed by atoms with E-state index in [0.717, 1.165) is 22.7 Å². The molecule has 4 nitrogen and oxygen atoms in total. The summed E-state index contributed by atoms with van der Waals surface area (Å²) in [6, 6.07) is 5.90. The van der Waals surface area contributed by atoms with Gasteiger partial charge in [0.2, 0.25) is 0 Å². The molecule has 0 spiro atoms. The van der Waals surface area contributed by atoms with Gasteiger partial charge in [0.05, 0.1) is 4.88 Å². The molecule has 2 heterocycles. The molecule has 0 saturated carbocycles. The summed E-state index contributed by atoms with van der Waals surface area (Å²) in [6.07, 6.45) is 0. The summed E-state index contributed by atoms with van der Waals surface area (Å²) in [6.45, 7) is 5.79. The summed E-state index contributed by atoms with van der Waals surface area (Å²) < 4.78 is 1.42. The minimum atomic E-state index is -0.0310. The summed E-state index contributed by atoms with van der Waals surface area (Å²) in [5, 5.41) is 9.62. The quantitative estimate of drug-likeness (QED) is 0.912. The lowest BCUT2D eigenvalue weighted by Gasteiger charge is -2.09. The highest BCUT2D eigenvalue weighted by Gasteiger charge is 2.08. The van der Waals surface area contributed by atoms with Crippen LogP contribution in [0, 0.1) is 5.92 Å². The minimum absolute atomic E-state index is 0.0310. The first-order chi connectivity index (χ1) is 9.08. The maximum absolute atomic E-state index is 12.0. The van der Waals surface area contributed by atoms with Gasteiger partial charge in [0.25, 0.3) is 5.56 Å². The summed E-state index contributed by atoms with van der Waals surface area (Å²) in [5.74, 6) is 0.572. The number of rotatable bonds is 5. The third-order valence-corrected chi connectivity index (χ3v) is 3.67. The Morgan fingerprint density at radius 2 is 2.26 bits per heavy atom. The van der Waals surface area contributed by atoms with Gasteiger partial charge in [0.1, 0.15) is 5.69 Å². The van der Waals surface area contributed by atoms with Gasteiger partial charge in [-0.1, -0.05) is 19.9 Å². The maximum Gasteiger partial charge on any atom is 0.271 e. The van der Waals surface area contributed by atoms with Gasteiger partial charge in [-0.25, -0.2) is 4.68 Å². The molecule has 2 rings (SSSR count). The first-order valence-electron chi connectivity index (χ1n) is 6.39. The van der Waals surface area contributed by atoms with E-state index in [-0.39, 0.29) is 5.56 Å². The summed E-state index contributed by atoms with van der Waals surface area (Å²) in [4.78, 5) is 13.1. The Morgan fingerprint density at radius 1 is 1.47 bits per heavy atom. The molecule has 0 aliphatic rings. The second-order valence-corrected chi connectivity index (χ2v) is 5.93. The number of aryl methyl sites for hydroxylation is 1. The molecule has 0 fully saturated rings. The predicted molar refractivity (Wildman–Crippen MR) is 79.3 cm³/mol. The van der Waals surface area contributed by atoms with Crippen molar-refractivity contribution in [1.82, 2.24) is 15.1 Å². The highest BCUT2D eigenvalue weighted by molar-refractivity contribution is 7.13. The fourth-order valence-electron chi connectivity index (χ4n) is 1.84. The predicted octanol–water partition coefficient (Wildman–Crippen LogP) is 2.25. The van der Waals surface area contributed by atoms with Crippen LogP contribution in [0.25, 0.3) is 10.6 Å². The third-order valence-electron chi connectivity index (χ3n) is 2.78. The van der Waals surface area contributed by atoms with Gasteiger partial charge in [-0.3, -0.25) is 4.79 Å². The normalized spacial score (nSPS) is 11.2. The van der Waals surface area contributed by atoms with Crippen molar-refractivity contribution in [3.63, 3.8) is 0 Å². The van der Waals surface area contributed by atoms with E-state index >= 15 is 0 Å².